The van der Waals surface area contributed by atoms with E-state index in [1.807, 2.05) is 23.1 Å². The molecule has 1 saturated heterocycles. The molecule has 3 heterocycles. The van der Waals surface area contributed by atoms with E-state index in [2.05, 4.69) is 20.1 Å². The molecule has 1 aliphatic carbocycles. The summed E-state index contributed by atoms with van der Waals surface area (Å²) >= 11 is 0. The predicted octanol–water partition coefficient (Wildman–Crippen LogP) is 2.20. The van der Waals surface area contributed by atoms with E-state index in [0.717, 1.165) is 31.3 Å². The van der Waals surface area contributed by atoms with Crippen LogP contribution in [0.4, 0.5) is 0 Å². The molecule has 2 fully saturated rings. The number of hydrogen-bond acceptors (Lipinski definition) is 5. The molecule has 4 rings (SSSR count). The first-order valence-electron chi connectivity index (χ1n) is 7.92. The van der Waals surface area contributed by atoms with Crippen molar-refractivity contribution in [3.63, 3.8) is 0 Å². The van der Waals surface area contributed by atoms with Gasteiger partial charge in [0.1, 0.15) is 0 Å². The van der Waals surface area contributed by atoms with Crippen LogP contribution in [-0.4, -0.2) is 37.4 Å². The maximum Gasteiger partial charge on any atom is 0.229 e. The molecular formula is C15H21N5O. The normalized spacial score (nSPS) is 23.5. The van der Waals surface area contributed by atoms with Crippen LogP contribution >= 0.6 is 0 Å². The van der Waals surface area contributed by atoms with Gasteiger partial charge in [-0.15, -0.1) is 0 Å². The summed E-state index contributed by atoms with van der Waals surface area (Å²) < 4.78 is 7.39. The van der Waals surface area contributed by atoms with Gasteiger partial charge in [0.2, 0.25) is 5.89 Å². The molecular weight excluding hydrogens is 266 g/mol. The number of aromatic nitrogens is 4. The molecule has 1 atom stereocenters. The Morgan fingerprint density at radius 2 is 2.19 bits per heavy atom. The summed E-state index contributed by atoms with van der Waals surface area (Å²) in [6.07, 6.45) is 10.0. The Balaban J connectivity index is 1.42. The van der Waals surface area contributed by atoms with Crippen molar-refractivity contribution in [1.29, 1.82) is 0 Å². The fourth-order valence-corrected chi connectivity index (χ4v) is 3.11. The Hall–Kier alpha value is -1.69. The van der Waals surface area contributed by atoms with Crippen LogP contribution in [0.15, 0.2) is 23.0 Å². The maximum atomic E-state index is 5.37. The molecule has 0 aromatic carbocycles. The Morgan fingerprint density at radius 1 is 1.24 bits per heavy atom. The minimum Gasteiger partial charge on any atom is -0.339 e. The molecule has 1 aliphatic heterocycles. The van der Waals surface area contributed by atoms with Crippen molar-refractivity contribution in [2.45, 2.75) is 57.2 Å². The van der Waals surface area contributed by atoms with Crippen LogP contribution in [0.5, 0.6) is 0 Å². The van der Waals surface area contributed by atoms with Crippen LogP contribution < -0.4 is 0 Å². The minimum absolute atomic E-state index is 0.515. The van der Waals surface area contributed by atoms with Gasteiger partial charge in [-0.2, -0.15) is 10.1 Å². The number of rotatable bonds is 5. The molecule has 112 valence electrons. The average Bonchev–Trinajstić information content (AvgIpc) is 3.03. The minimum atomic E-state index is 0.515. The lowest BCUT2D eigenvalue weighted by atomic mass is 10.0. The number of likely N-dealkylation sites (tertiary alicyclic amines) is 1. The zero-order chi connectivity index (χ0) is 14.1. The molecule has 6 nitrogen and oxygen atoms in total. The lowest BCUT2D eigenvalue weighted by molar-refractivity contribution is 0.117. The smallest absolute Gasteiger partial charge is 0.229 e. The van der Waals surface area contributed by atoms with Crippen LogP contribution in [0.2, 0.25) is 0 Å². The largest absolute Gasteiger partial charge is 0.339 e. The van der Waals surface area contributed by atoms with E-state index in [0.29, 0.717) is 12.0 Å². The van der Waals surface area contributed by atoms with Crippen molar-refractivity contribution in [1.82, 2.24) is 24.8 Å². The van der Waals surface area contributed by atoms with Gasteiger partial charge < -0.3 is 4.52 Å². The second kappa shape index (κ2) is 5.60. The summed E-state index contributed by atoms with van der Waals surface area (Å²) in [6, 6.07) is 2.50. The zero-order valence-electron chi connectivity index (χ0n) is 12.2. The first-order valence-corrected chi connectivity index (χ1v) is 7.92. The van der Waals surface area contributed by atoms with Crippen molar-refractivity contribution in [2.75, 3.05) is 6.54 Å². The molecule has 1 saturated carbocycles. The summed E-state index contributed by atoms with van der Waals surface area (Å²) in [5.41, 5.74) is 0. The lowest BCUT2D eigenvalue weighted by Crippen LogP contribution is -2.41. The molecule has 6 heteroatoms. The first kappa shape index (κ1) is 13.0. The molecule has 0 radical (unpaired) electrons. The summed E-state index contributed by atoms with van der Waals surface area (Å²) in [4.78, 5) is 7.03. The monoisotopic (exact) mass is 287 g/mol. The highest BCUT2D eigenvalue weighted by atomic mass is 16.5. The van der Waals surface area contributed by atoms with E-state index in [1.54, 1.807) is 0 Å². The van der Waals surface area contributed by atoms with Crippen LogP contribution in [0.3, 0.4) is 0 Å². The van der Waals surface area contributed by atoms with Gasteiger partial charge in [-0.1, -0.05) is 11.6 Å². The van der Waals surface area contributed by atoms with Gasteiger partial charge in [0, 0.05) is 24.4 Å². The zero-order valence-corrected chi connectivity index (χ0v) is 12.2. The Bertz CT molecular complexity index is 575. The molecule has 21 heavy (non-hydrogen) atoms. The molecule has 2 aromatic heterocycles. The van der Waals surface area contributed by atoms with Crippen molar-refractivity contribution in [2.24, 2.45) is 0 Å². The number of hydrogen-bond donors (Lipinski definition) is 0. The third kappa shape index (κ3) is 3.00. The van der Waals surface area contributed by atoms with Gasteiger partial charge in [-0.3, -0.25) is 9.58 Å². The molecule has 0 spiro atoms. The fraction of sp³-hybridized carbons (Fsp3) is 0.667. The third-order valence-corrected chi connectivity index (χ3v) is 4.46. The standard InChI is InChI=1S/C15H21N5O/c1-2-8-19(13(4-1)10-20-9-3-7-16-20)11-14-17-15(21-18-14)12-5-6-12/h3,7,9,12-13H,1-2,4-6,8,10-11H2/t13-/m0/s1. The molecule has 2 aromatic rings. The van der Waals surface area contributed by atoms with Gasteiger partial charge in [-0.05, 0) is 38.3 Å². The van der Waals surface area contributed by atoms with E-state index in [-0.39, 0.29) is 0 Å². The van der Waals surface area contributed by atoms with Gasteiger partial charge in [0.15, 0.2) is 5.82 Å². The molecule has 0 bridgehead atoms. The third-order valence-electron chi connectivity index (χ3n) is 4.46. The van der Waals surface area contributed by atoms with Crippen molar-refractivity contribution in [3.05, 3.63) is 30.2 Å². The second-order valence-electron chi connectivity index (χ2n) is 6.17. The highest BCUT2D eigenvalue weighted by Crippen LogP contribution is 2.38. The second-order valence-corrected chi connectivity index (χ2v) is 6.17. The summed E-state index contributed by atoms with van der Waals surface area (Å²) in [5, 5.41) is 8.48. The molecule has 0 unspecified atom stereocenters. The van der Waals surface area contributed by atoms with Crippen LogP contribution in [0, 0.1) is 0 Å². The van der Waals surface area contributed by atoms with Crippen LogP contribution in [0.25, 0.3) is 0 Å². The Labute approximate surface area is 124 Å². The number of nitrogens with zero attached hydrogens (tertiary/aromatic N) is 5. The Kier molecular flexibility index (Phi) is 3.47. The lowest BCUT2D eigenvalue weighted by Gasteiger charge is -2.34. The topological polar surface area (TPSA) is 60.0 Å². The quantitative estimate of drug-likeness (QED) is 0.843. The van der Waals surface area contributed by atoms with Crippen molar-refractivity contribution >= 4 is 0 Å². The summed E-state index contributed by atoms with van der Waals surface area (Å²) in [6.45, 7) is 2.85. The highest BCUT2D eigenvalue weighted by molar-refractivity contribution is 5.02. The number of piperidine rings is 1. The molecule has 0 N–H and O–H groups in total. The van der Waals surface area contributed by atoms with Crippen molar-refractivity contribution < 1.29 is 4.52 Å². The predicted molar refractivity (Wildman–Crippen MR) is 76.5 cm³/mol. The van der Waals surface area contributed by atoms with E-state index in [1.165, 1.54) is 32.1 Å². The molecule has 2 aliphatic rings. The molecule has 0 amide bonds. The maximum absolute atomic E-state index is 5.37. The van der Waals surface area contributed by atoms with Gasteiger partial charge >= 0.3 is 0 Å². The van der Waals surface area contributed by atoms with Crippen LogP contribution in [0.1, 0.15) is 49.7 Å². The summed E-state index contributed by atoms with van der Waals surface area (Å²) in [7, 11) is 0. The summed E-state index contributed by atoms with van der Waals surface area (Å²) in [5.74, 6) is 2.21. The first-order chi connectivity index (χ1) is 10.4. The fourth-order valence-electron chi connectivity index (χ4n) is 3.11. The Morgan fingerprint density at radius 3 is 3.00 bits per heavy atom. The van der Waals surface area contributed by atoms with E-state index < -0.39 is 0 Å². The SMILES string of the molecule is c1cnn(C[C@@H]2CCCCN2Cc2noc(C3CC3)n2)c1. The van der Waals surface area contributed by atoms with E-state index in [4.69, 9.17) is 4.52 Å². The van der Waals surface area contributed by atoms with E-state index in [9.17, 15) is 0 Å². The van der Waals surface area contributed by atoms with E-state index >= 15 is 0 Å². The average molecular weight is 287 g/mol. The van der Waals surface area contributed by atoms with Gasteiger partial charge in [-0.25, -0.2) is 0 Å². The highest BCUT2D eigenvalue weighted by Gasteiger charge is 2.30. The van der Waals surface area contributed by atoms with Gasteiger partial charge in [0.05, 0.1) is 13.1 Å². The van der Waals surface area contributed by atoms with Crippen molar-refractivity contribution in [3.8, 4) is 0 Å². The van der Waals surface area contributed by atoms with Gasteiger partial charge in [0.25, 0.3) is 0 Å². The van der Waals surface area contributed by atoms with Crippen LogP contribution in [-0.2, 0) is 13.1 Å².